The standard InChI is InChI=1S/C20H20N2O2/c1-12-5-6-18(9-13(12)2)22-20(24)17(11-21)10-16-7-14(3)19(23)15(4)8-16/h5-10,23H,1-4H3,(H,22,24)/b17-10+. The molecule has 2 aromatic rings. The van der Waals surface area contributed by atoms with Gasteiger partial charge in [0.1, 0.15) is 17.4 Å². The predicted octanol–water partition coefficient (Wildman–Crippen LogP) is 4.17. The topological polar surface area (TPSA) is 73.1 Å². The molecule has 1 amide bonds. The second-order valence-corrected chi connectivity index (χ2v) is 5.93. The zero-order chi connectivity index (χ0) is 17.9. The highest BCUT2D eigenvalue weighted by Gasteiger charge is 2.11. The molecule has 24 heavy (non-hydrogen) atoms. The van der Waals surface area contributed by atoms with E-state index in [4.69, 9.17) is 0 Å². The van der Waals surface area contributed by atoms with Crippen molar-refractivity contribution in [3.63, 3.8) is 0 Å². The number of nitrogens with zero attached hydrogens (tertiary/aromatic N) is 1. The monoisotopic (exact) mass is 320 g/mol. The summed E-state index contributed by atoms with van der Waals surface area (Å²) in [6, 6.07) is 11.0. The molecule has 0 unspecified atom stereocenters. The lowest BCUT2D eigenvalue weighted by atomic mass is 10.0. The van der Waals surface area contributed by atoms with Crippen LogP contribution in [0, 0.1) is 39.0 Å². The number of nitriles is 1. The minimum absolute atomic E-state index is 0.0118. The number of aryl methyl sites for hydroxylation is 4. The van der Waals surface area contributed by atoms with Gasteiger partial charge in [0.2, 0.25) is 0 Å². The first-order valence-electron chi connectivity index (χ1n) is 7.62. The van der Waals surface area contributed by atoms with Crippen molar-refractivity contribution in [2.75, 3.05) is 5.32 Å². The summed E-state index contributed by atoms with van der Waals surface area (Å²) in [5, 5.41) is 21.9. The molecule has 0 spiro atoms. The Morgan fingerprint density at radius 2 is 1.67 bits per heavy atom. The van der Waals surface area contributed by atoms with Crippen LogP contribution >= 0.6 is 0 Å². The highest BCUT2D eigenvalue weighted by Crippen LogP contribution is 2.24. The molecule has 0 aromatic heterocycles. The van der Waals surface area contributed by atoms with Crippen molar-refractivity contribution in [1.29, 1.82) is 5.26 Å². The Labute approximate surface area is 142 Å². The minimum Gasteiger partial charge on any atom is -0.507 e. The van der Waals surface area contributed by atoms with E-state index in [2.05, 4.69) is 5.32 Å². The molecule has 0 saturated carbocycles. The van der Waals surface area contributed by atoms with Crippen LogP contribution in [0.1, 0.15) is 27.8 Å². The zero-order valence-corrected chi connectivity index (χ0v) is 14.3. The molecule has 0 radical (unpaired) electrons. The third-order valence-electron chi connectivity index (χ3n) is 3.95. The Balaban J connectivity index is 2.29. The van der Waals surface area contributed by atoms with Crippen LogP contribution < -0.4 is 5.32 Å². The van der Waals surface area contributed by atoms with E-state index in [0.717, 1.165) is 11.1 Å². The number of amides is 1. The predicted molar refractivity (Wildman–Crippen MR) is 95.7 cm³/mol. The Hall–Kier alpha value is -3.06. The van der Waals surface area contributed by atoms with Crippen LogP contribution in [-0.2, 0) is 4.79 Å². The summed E-state index contributed by atoms with van der Waals surface area (Å²) in [6.45, 7) is 7.52. The summed E-state index contributed by atoms with van der Waals surface area (Å²) in [5.74, 6) is -0.227. The highest BCUT2D eigenvalue weighted by atomic mass is 16.3. The van der Waals surface area contributed by atoms with Gasteiger partial charge in [-0.15, -0.1) is 0 Å². The fourth-order valence-electron chi connectivity index (χ4n) is 2.41. The van der Waals surface area contributed by atoms with E-state index < -0.39 is 5.91 Å². The van der Waals surface area contributed by atoms with E-state index in [0.29, 0.717) is 22.4 Å². The summed E-state index contributed by atoms with van der Waals surface area (Å²) < 4.78 is 0. The maximum atomic E-state index is 12.3. The number of nitrogens with one attached hydrogen (secondary N) is 1. The van der Waals surface area contributed by atoms with Gasteiger partial charge in [-0.05, 0) is 85.9 Å². The van der Waals surface area contributed by atoms with E-state index >= 15 is 0 Å². The molecule has 0 atom stereocenters. The lowest BCUT2D eigenvalue weighted by molar-refractivity contribution is -0.112. The van der Waals surface area contributed by atoms with Gasteiger partial charge in [-0.3, -0.25) is 4.79 Å². The number of aromatic hydroxyl groups is 1. The smallest absolute Gasteiger partial charge is 0.266 e. The third-order valence-corrected chi connectivity index (χ3v) is 3.95. The Morgan fingerprint density at radius 3 is 2.21 bits per heavy atom. The van der Waals surface area contributed by atoms with Gasteiger partial charge >= 0.3 is 0 Å². The molecule has 0 saturated heterocycles. The van der Waals surface area contributed by atoms with Crippen LogP contribution in [0.25, 0.3) is 6.08 Å². The Kier molecular flexibility index (Phi) is 5.05. The summed E-state index contributed by atoms with van der Waals surface area (Å²) in [6.07, 6.45) is 1.52. The van der Waals surface area contributed by atoms with Crippen LogP contribution in [0.5, 0.6) is 5.75 Å². The molecule has 0 aliphatic rings. The maximum Gasteiger partial charge on any atom is 0.266 e. The number of carbonyl (C=O) groups is 1. The fraction of sp³-hybridized carbons (Fsp3) is 0.200. The van der Waals surface area contributed by atoms with Crippen molar-refractivity contribution in [3.8, 4) is 11.8 Å². The quantitative estimate of drug-likeness (QED) is 0.658. The molecule has 0 fully saturated rings. The van der Waals surface area contributed by atoms with Crippen molar-refractivity contribution in [2.45, 2.75) is 27.7 Å². The molecule has 4 nitrogen and oxygen atoms in total. The largest absolute Gasteiger partial charge is 0.507 e. The summed E-state index contributed by atoms with van der Waals surface area (Å²) in [4.78, 5) is 12.3. The number of anilines is 1. The van der Waals surface area contributed by atoms with E-state index in [1.165, 1.54) is 6.08 Å². The van der Waals surface area contributed by atoms with E-state index in [9.17, 15) is 15.2 Å². The summed E-state index contributed by atoms with van der Waals surface area (Å²) in [5.41, 5.74) is 4.98. The van der Waals surface area contributed by atoms with E-state index in [-0.39, 0.29) is 11.3 Å². The Bertz CT molecular complexity index is 851. The number of carbonyl (C=O) groups excluding carboxylic acids is 1. The van der Waals surface area contributed by atoms with Crippen molar-refractivity contribution >= 4 is 17.7 Å². The second kappa shape index (κ2) is 7.01. The number of phenolic OH excluding ortho intramolecular Hbond substituents is 1. The van der Waals surface area contributed by atoms with Gasteiger partial charge in [-0.2, -0.15) is 5.26 Å². The molecule has 2 aromatic carbocycles. The number of hydrogen-bond acceptors (Lipinski definition) is 3. The van der Waals surface area contributed by atoms with E-state index in [1.807, 2.05) is 38.1 Å². The SMILES string of the molecule is Cc1ccc(NC(=O)/C(C#N)=C/c2cc(C)c(O)c(C)c2)cc1C. The van der Waals surface area contributed by atoms with Gasteiger partial charge in [0.25, 0.3) is 5.91 Å². The third kappa shape index (κ3) is 3.82. The first-order valence-corrected chi connectivity index (χ1v) is 7.62. The normalized spacial score (nSPS) is 11.0. The van der Waals surface area contributed by atoms with E-state index in [1.54, 1.807) is 26.0 Å². The van der Waals surface area contributed by atoms with Crippen LogP contribution in [0.15, 0.2) is 35.9 Å². The molecular formula is C20H20N2O2. The minimum atomic E-state index is -0.455. The van der Waals surface area contributed by atoms with Gasteiger partial charge in [-0.25, -0.2) is 0 Å². The molecule has 0 aliphatic heterocycles. The number of phenols is 1. The Morgan fingerprint density at radius 1 is 1.04 bits per heavy atom. The lowest BCUT2D eigenvalue weighted by Crippen LogP contribution is -2.13. The van der Waals surface area contributed by atoms with Gasteiger partial charge in [0.05, 0.1) is 0 Å². The number of benzene rings is 2. The lowest BCUT2D eigenvalue weighted by Gasteiger charge is -2.08. The van der Waals surface area contributed by atoms with Crippen LogP contribution in [0.3, 0.4) is 0 Å². The molecule has 4 heteroatoms. The number of rotatable bonds is 3. The van der Waals surface area contributed by atoms with Gasteiger partial charge in [0.15, 0.2) is 0 Å². The van der Waals surface area contributed by atoms with Crippen LogP contribution in [0.4, 0.5) is 5.69 Å². The first kappa shape index (κ1) is 17.3. The van der Waals surface area contributed by atoms with Gasteiger partial charge in [0, 0.05) is 5.69 Å². The molecular weight excluding hydrogens is 300 g/mol. The zero-order valence-electron chi connectivity index (χ0n) is 14.3. The average molecular weight is 320 g/mol. The van der Waals surface area contributed by atoms with Crippen LogP contribution in [0.2, 0.25) is 0 Å². The average Bonchev–Trinajstić information content (AvgIpc) is 2.53. The first-order chi connectivity index (χ1) is 11.3. The summed E-state index contributed by atoms with van der Waals surface area (Å²) in [7, 11) is 0. The second-order valence-electron chi connectivity index (χ2n) is 5.93. The van der Waals surface area contributed by atoms with Crippen molar-refractivity contribution in [2.24, 2.45) is 0 Å². The molecule has 122 valence electrons. The van der Waals surface area contributed by atoms with Gasteiger partial charge < -0.3 is 10.4 Å². The molecule has 2 N–H and O–H groups in total. The fourth-order valence-corrected chi connectivity index (χ4v) is 2.41. The van der Waals surface area contributed by atoms with Crippen LogP contribution in [-0.4, -0.2) is 11.0 Å². The van der Waals surface area contributed by atoms with Crippen molar-refractivity contribution in [3.05, 3.63) is 63.7 Å². The molecule has 0 bridgehead atoms. The molecule has 0 heterocycles. The van der Waals surface area contributed by atoms with Crippen molar-refractivity contribution < 1.29 is 9.90 Å². The number of hydrogen-bond donors (Lipinski definition) is 2. The maximum absolute atomic E-state index is 12.3. The summed E-state index contributed by atoms with van der Waals surface area (Å²) >= 11 is 0. The highest BCUT2D eigenvalue weighted by molar-refractivity contribution is 6.09. The van der Waals surface area contributed by atoms with Gasteiger partial charge in [-0.1, -0.05) is 6.07 Å². The molecule has 2 rings (SSSR count). The van der Waals surface area contributed by atoms with Crippen molar-refractivity contribution in [1.82, 2.24) is 0 Å². The molecule has 0 aliphatic carbocycles.